The van der Waals surface area contributed by atoms with E-state index < -0.39 is 11.7 Å². The smallest absolute Gasteiger partial charge is 0.309 e. The van der Waals surface area contributed by atoms with Crippen LogP contribution < -0.4 is 5.32 Å². The third kappa shape index (κ3) is 4.90. The number of aliphatic hydroxyl groups excluding tert-OH is 1. The second-order valence-electron chi connectivity index (χ2n) is 8.03. The molecule has 0 bridgehead atoms. The summed E-state index contributed by atoms with van der Waals surface area (Å²) in [4.78, 5) is 24.6. The number of rotatable bonds is 4. The number of fused-ring (bicyclic) bond motifs is 1. The number of furan rings is 1. The lowest BCUT2D eigenvalue weighted by atomic mass is 10.0. The molecule has 1 heterocycles. The number of benzene rings is 1. The van der Waals surface area contributed by atoms with Gasteiger partial charge in [0.1, 0.15) is 11.2 Å². The minimum atomic E-state index is -0.644. The Morgan fingerprint density at radius 2 is 2.04 bits per heavy atom. The first kappa shape index (κ1) is 19.9. The van der Waals surface area contributed by atoms with Crippen LogP contribution >= 0.6 is 15.9 Å². The summed E-state index contributed by atoms with van der Waals surface area (Å²) in [6.45, 7) is 5.74. The van der Waals surface area contributed by atoms with E-state index in [-0.39, 0.29) is 36.0 Å². The lowest BCUT2D eigenvalue weighted by molar-refractivity contribution is -0.160. The summed E-state index contributed by atoms with van der Waals surface area (Å²) in [5.41, 5.74) is 0.0826. The Morgan fingerprint density at radius 3 is 2.74 bits per heavy atom. The van der Waals surface area contributed by atoms with Crippen molar-refractivity contribution in [3.63, 3.8) is 0 Å². The SMILES string of the molecule is CC(C)(C)OC(=O)[C@H]1C[C@H](CNC(=O)c2cc3cc(Br)ccc3o2)[C@@H](O)C1. The number of amides is 1. The molecule has 1 aliphatic carbocycles. The maximum atomic E-state index is 12.4. The van der Waals surface area contributed by atoms with Crippen LogP contribution in [-0.4, -0.2) is 35.2 Å². The monoisotopic (exact) mass is 437 g/mol. The van der Waals surface area contributed by atoms with Gasteiger partial charge in [0, 0.05) is 22.3 Å². The van der Waals surface area contributed by atoms with E-state index in [0.29, 0.717) is 18.4 Å². The average Bonchev–Trinajstić information content (AvgIpc) is 3.14. The van der Waals surface area contributed by atoms with Crippen molar-refractivity contribution in [1.29, 1.82) is 0 Å². The van der Waals surface area contributed by atoms with E-state index >= 15 is 0 Å². The summed E-state index contributed by atoms with van der Waals surface area (Å²) in [5, 5.41) is 13.9. The lowest BCUT2D eigenvalue weighted by Crippen LogP contribution is -2.32. The zero-order valence-electron chi connectivity index (χ0n) is 15.6. The third-order valence-corrected chi connectivity index (χ3v) is 5.12. The van der Waals surface area contributed by atoms with Gasteiger partial charge in [-0.05, 0) is 57.9 Å². The molecule has 3 rings (SSSR count). The maximum Gasteiger partial charge on any atom is 0.309 e. The Hall–Kier alpha value is -1.86. The number of aliphatic hydroxyl groups is 1. The summed E-state index contributed by atoms with van der Waals surface area (Å²) in [6.07, 6.45) is 0.201. The van der Waals surface area contributed by atoms with E-state index in [1.807, 2.05) is 32.9 Å². The largest absolute Gasteiger partial charge is 0.460 e. The van der Waals surface area contributed by atoms with E-state index in [1.54, 1.807) is 12.1 Å². The molecular weight excluding hydrogens is 414 g/mol. The molecule has 0 saturated heterocycles. The van der Waals surface area contributed by atoms with Crippen LogP contribution in [0.25, 0.3) is 11.0 Å². The van der Waals surface area contributed by atoms with Gasteiger partial charge in [0.15, 0.2) is 5.76 Å². The molecule has 1 aliphatic rings. The van der Waals surface area contributed by atoms with E-state index in [9.17, 15) is 14.7 Å². The van der Waals surface area contributed by atoms with Crippen LogP contribution in [0.5, 0.6) is 0 Å². The maximum absolute atomic E-state index is 12.4. The van der Waals surface area contributed by atoms with Crippen molar-refractivity contribution in [2.75, 3.05) is 6.54 Å². The number of carbonyl (C=O) groups is 2. The van der Waals surface area contributed by atoms with Gasteiger partial charge >= 0.3 is 5.97 Å². The van der Waals surface area contributed by atoms with Crippen molar-refractivity contribution in [1.82, 2.24) is 5.32 Å². The molecule has 1 amide bonds. The van der Waals surface area contributed by atoms with Gasteiger partial charge in [-0.15, -0.1) is 0 Å². The molecule has 0 aliphatic heterocycles. The van der Waals surface area contributed by atoms with E-state index in [0.717, 1.165) is 9.86 Å². The molecule has 6 nitrogen and oxygen atoms in total. The van der Waals surface area contributed by atoms with Crippen LogP contribution in [0.15, 0.2) is 33.2 Å². The summed E-state index contributed by atoms with van der Waals surface area (Å²) in [6, 6.07) is 7.20. The Balaban J connectivity index is 1.57. The number of hydrogen-bond donors (Lipinski definition) is 2. The molecule has 2 N–H and O–H groups in total. The molecule has 7 heteroatoms. The fourth-order valence-electron chi connectivity index (χ4n) is 3.34. The van der Waals surface area contributed by atoms with E-state index in [4.69, 9.17) is 9.15 Å². The van der Waals surface area contributed by atoms with Crippen LogP contribution in [0.2, 0.25) is 0 Å². The van der Waals surface area contributed by atoms with Crippen molar-refractivity contribution in [2.24, 2.45) is 11.8 Å². The quantitative estimate of drug-likeness (QED) is 0.712. The number of hydrogen-bond acceptors (Lipinski definition) is 5. The zero-order chi connectivity index (χ0) is 19.8. The van der Waals surface area contributed by atoms with Crippen molar-refractivity contribution in [2.45, 2.75) is 45.3 Å². The molecule has 3 atom stereocenters. The van der Waals surface area contributed by atoms with Gasteiger partial charge in [0.05, 0.1) is 12.0 Å². The number of ether oxygens (including phenoxy) is 1. The number of carbonyl (C=O) groups excluding carboxylic acids is 2. The third-order valence-electron chi connectivity index (χ3n) is 4.62. The molecule has 1 fully saturated rings. The highest BCUT2D eigenvalue weighted by Crippen LogP contribution is 2.33. The lowest BCUT2D eigenvalue weighted by Gasteiger charge is -2.22. The van der Waals surface area contributed by atoms with Gasteiger partial charge in [-0.3, -0.25) is 9.59 Å². The molecule has 0 radical (unpaired) electrons. The van der Waals surface area contributed by atoms with Gasteiger partial charge in [-0.2, -0.15) is 0 Å². The van der Waals surface area contributed by atoms with Crippen LogP contribution in [0.4, 0.5) is 0 Å². The first-order valence-electron chi connectivity index (χ1n) is 9.00. The Labute approximate surface area is 166 Å². The Morgan fingerprint density at radius 1 is 1.30 bits per heavy atom. The molecule has 27 heavy (non-hydrogen) atoms. The minimum absolute atomic E-state index is 0.190. The van der Waals surface area contributed by atoms with Crippen molar-refractivity contribution in [3.8, 4) is 0 Å². The van der Waals surface area contributed by atoms with E-state index in [2.05, 4.69) is 21.2 Å². The average molecular weight is 438 g/mol. The van der Waals surface area contributed by atoms with Crippen LogP contribution in [-0.2, 0) is 9.53 Å². The molecule has 1 aromatic carbocycles. The van der Waals surface area contributed by atoms with Gasteiger partial charge in [0.2, 0.25) is 0 Å². The standard InChI is InChI=1S/C20H24BrNO5/c1-20(2,3)27-19(25)12-6-13(15(23)8-12)10-22-18(24)17-9-11-7-14(21)4-5-16(11)26-17/h4-5,7,9,12-13,15,23H,6,8,10H2,1-3H3,(H,22,24)/t12-,13+,15-/m0/s1. The van der Waals surface area contributed by atoms with Crippen LogP contribution in [0.3, 0.4) is 0 Å². The second-order valence-corrected chi connectivity index (χ2v) is 8.95. The van der Waals surface area contributed by atoms with Gasteiger partial charge in [0.25, 0.3) is 5.91 Å². The zero-order valence-corrected chi connectivity index (χ0v) is 17.2. The van der Waals surface area contributed by atoms with E-state index in [1.165, 1.54) is 0 Å². The van der Waals surface area contributed by atoms with Gasteiger partial charge in [-0.25, -0.2) is 0 Å². The Bertz CT molecular complexity index is 854. The fourth-order valence-corrected chi connectivity index (χ4v) is 3.72. The number of esters is 1. The van der Waals surface area contributed by atoms with Gasteiger partial charge < -0.3 is 19.6 Å². The molecule has 2 aromatic rings. The Kier molecular flexibility index (Phi) is 5.63. The molecule has 0 unspecified atom stereocenters. The van der Waals surface area contributed by atoms with Crippen molar-refractivity contribution < 1.29 is 23.8 Å². The van der Waals surface area contributed by atoms with Crippen molar-refractivity contribution >= 4 is 38.8 Å². The summed E-state index contributed by atoms with van der Waals surface area (Å²) < 4.78 is 11.9. The second kappa shape index (κ2) is 7.64. The summed E-state index contributed by atoms with van der Waals surface area (Å²) in [7, 11) is 0. The highest BCUT2D eigenvalue weighted by atomic mass is 79.9. The molecule has 1 aromatic heterocycles. The van der Waals surface area contributed by atoms with Crippen molar-refractivity contribution in [3.05, 3.63) is 34.5 Å². The molecule has 0 spiro atoms. The first-order valence-corrected chi connectivity index (χ1v) is 9.80. The minimum Gasteiger partial charge on any atom is -0.460 e. The highest BCUT2D eigenvalue weighted by molar-refractivity contribution is 9.10. The molecule has 146 valence electrons. The predicted molar refractivity (Wildman–Crippen MR) is 104 cm³/mol. The number of halogens is 1. The summed E-state index contributed by atoms with van der Waals surface area (Å²) in [5.74, 6) is -0.942. The topological polar surface area (TPSA) is 88.8 Å². The predicted octanol–water partition coefficient (Wildman–Crippen LogP) is 3.65. The van der Waals surface area contributed by atoms with Gasteiger partial charge in [-0.1, -0.05) is 15.9 Å². The van der Waals surface area contributed by atoms with Crippen LogP contribution in [0, 0.1) is 11.8 Å². The first-order chi connectivity index (χ1) is 12.6. The normalized spacial score (nSPS) is 22.8. The fraction of sp³-hybridized carbons (Fsp3) is 0.500. The molecule has 1 saturated carbocycles. The summed E-state index contributed by atoms with van der Waals surface area (Å²) >= 11 is 3.39. The van der Waals surface area contributed by atoms with Crippen LogP contribution in [0.1, 0.15) is 44.2 Å². The molecular formula is C20H24BrNO5. The number of nitrogens with one attached hydrogen (secondary N) is 1. The highest BCUT2D eigenvalue weighted by Gasteiger charge is 2.39.